The molecule has 0 saturated carbocycles. The molecule has 0 amide bonds. The number of rotatable bonds is 7. The van der Waals surface area contributed by atoms with E-state index >= 15 is 0 Å². The predicted molar refractivity (Wildman–Crippen MR) is 144 cm³/mol. The highest BCUT2D eigenvalue weighted by Crippen LogP contribution is 2.24. The molecule has 2 aromatic carbocycles. The second-order valence-electron chi connectivity index (χ2n) is 10.3. The Morgan fingerprint density at radius 2 is 1.89 bits per heavy atom. The minimum absolute atomic E-state index is 0.158. The van der Waals surface area contributed by atoms with E-state index in [4.69, 9.17) is 9.97 Å². The summed E-state index contributed by atoms with van der Waals surface area (Å²) in [5.41, 5.74) is 4.94. The van der Waals surface area contributed by atoms with Gasteiger partial charge in [-0.05, 0) is 62.4 Å². The lowest BCUT2D eigenvalue weighted by Crippen LogP contribution is -2.34. The molecule has 2 aliphatic rings. The fraction of sp³-hybridized carbons (Fsp3) is 0.414. The first kappa shape index (κ1) is 23.9. The Balaban J connectivity index is 1.14. The van der Waals surface area contributed by atoms with Crippen molar-refractivity contribution in [1.82, 2.24) is 24.0 Å². The van der Waals surface area contributed by atoms with Gasteiger partial charge in [-0.1, -0.05) is 24.3 Å². The number of aryl methyl sites for hydroxylation is 2. The lowest BCUT2D eigenvalue weighted by molar-refractivity contribution is 0.339. The summed E-state index contributed by atoms with van der Waals surface area (Å²) in [5.74, 6) is 1.56. The predicted octanol–water partition coefficient (Wildman–Crippen LogP) is 4.15. The van der Waals surface area contributed by atoms with Gasteiger partial charge in [-0.15, -0.1) is 0 Å². The minimum Gasteiger partial charge on any atom is -0.352 e. The molecule has 0 radical (unpaired) electrons. The smallest absolute Gasteiger partial charge is 0.256 e. The average Bonchev–Trinajstić information content (AvgIpc) is 3.49. The molecule has 1 fully saturated rings. The Morgan fingerprint density at radius 3 is 2.76 bits per heavy atom. The molecule has 2 aliphatic heterocycles. The van der Waals surface area contributed by atoms with Crippen LogP contribution in [0.5, 0.6) is 0 Å². The number of fused-ring (bicyclic) bond motifs is 2. The molecule has 37 heavy (non-hydrogen) atoms. The molecule has 2 aromatic heterocycles. The molecule has 0 aliphatic carbocycles. The molecule has 0 bridgehead atoms. The van der Waals surface area contributed by atoms with Gasteiger partial charge in [0, 0.05) is 49.9 Å². The summed E-state index contributed by atoms with van der Waals surface area (Å²) in [4.78, 5) is 25.2. The van der Waals surface area contributed by atoms with Gasteiger partial charge in [0.05, 0.1) is 17.6 Å². The molecule has 1 saturated heterocycles. The first-order chi connectivity index (χ1) is 18.0. The number of nitrogens with one attached hydrogen (secondary N) is 1. The number of halogens is 1. The highest BCUT2D eigenvalue weighted by atomic mass is 19.1. The highest BCUT2D eigenvalue weighted by Gasteiger charge is 2.25. The molecular weight excluding hydrogens is 467 g/mol. The molecule has 4 heterocycles. The first-order valence-electron chi connectivity index (χ1n) is 13.3. The zero-order valence-electron chi connectivity index (χ0n) is 21.3. The maximum absolute atomic E-state index is 13.4. The van der Waals surface area contributed by atoms with E-state index in [9.17, 15) is 9.18 Å². The van der Waals surface area contributed by atoms with Crippen LogP contribution in [-0.2, 0) is 25.9 Å². The molecule has 6 rings (SSSR count). The van der Waals surface area contributed by atoms with E-state index in [2.05, 4.69) is 20.9 Å². The van der Waals surface area contributed by atoms with Crippen molar-refractivity contribution < 1.29 is 4.39 Å². The van der Waals surface area contributed by atoms with Crippen LogP contribution < -0.4 is 10.9 Å². The normalized spacial score (nSPS) is 17.8. The molecule has 0 spiro atoms. The number of aromatic nitrogens is 4. The topological polar surface area (TPSA) is 68.0 Å². The van der Waals surface area contributed by atoms with E-state index < -0.39 is 0 Å². The van der Waals surface area contributed by atoms with Gasteiger partial charge >= 0.3 is 0 Å². The van der Waals surface area contributed by atoms with Gasteiger partial charge in [-0.2, -0.15) is 0 Å². The fourth-order valence-electron chi connectivity index (χ4n) is 5.74. The van der Waals surface area contributed by atoms with E-state index in [1.807, 2.05) is 41.8 Å². The van der Waals surface area contributed by atoms with Crippen LogP contribution in [0, 0.1) is 12.7 Å². The summed E-state index contributed by atoms with van der Waals surface area (Å²) in [6, 6.07) is 15.0. The van der Waals surface area contributed by atoms with Gasteiger partial charge in [-0.25, -0.2) is 14.4 Å². The van der Waals surface area contributed by atoms with Gasteiger partial charge in [0.15, 0.2) is 0 Å². The van der Waals surface area contributed by atoms with Crippen molar-refractivity contribution in [2.45, 2.75) is 58.2 Å². The average molecular weight is 501 g/mol. The van der Waals surface area contributed by atoms with Gasteiger partial charge in [0.1, 0.15) is 11.6 Å². The van der Waals surface area contributed by atoms with Crippen LogP contribution in [0.2, 0.25) is 0 Å². The van der Waals surface area contributed by atoms with E-state index in [-0.39, 0.29) is 17.4 Å². The standard InChI is InChI=1S/C29H33FN6O/c1-20-24(28(37)35-15-5-4-8-27(35)31-20)14-17-34-16-13-23(19-34)32-29-33-25-6-2-3-7-26(25)36(29)18-21-9-11-22(30)12-10-21/h2-3,6-7,9-12,23H,4-5,8,13-19H2,1H3,(H,32,33). The van der Waals surface area contributed by atoms with E-state index in [0.29, 0.717) is 6.54 Å². The van der Waals surface area contributed by atoms with Crippen molar-refractivity contribution in [2.24, 2.45) is 0 Å². The highest BCUT2D eigenvalue weighted by molar-refractivity contribution is 5.78. The van der Waals surface area contributed by atoms with Crippen molar-refractivity contribution in [3.8, 4) is 0 Å². The summed E-state index contributed by atoms with van der Waals surface area (Å²) in [6.45, 7) is 6.12. The molecule has 1 N–H and O–H groups in total. The second-order valence-corrected chi connectivity index (χ2v) is 10.3. The number of nitrogens with zero attached hydrogens (tertiary/aromatic N) is 5. The lowest BCUT2D eigenvalue weighted by Gasteiger charge is -2.21. The number of benzene rings is 2. The van der Waals surface area contributed by atoms with Crippen molar-refractivity contribution in [2.75, 3.05) is 25.0 Å². The molecule has 1 atom stereocenters. The zero-order chi connectivity index (χ0) is 25.4. The minimum atomic E-state index is -0.229. The Bertz CT molecular complexity index is 1470. The van der Waals surface area contributed by atoms with Crippen LogP contribution in [0.25, 0.3) is 11.0 Å². The second kappa shape index (κ2) is 10.1. The van der Waals surface area contributed by atoms with Crippen molar-refractivity contribution in [1.29, 1.82) is 0 Å². The summed E-state index contributed by atoms with van der Waals surface area (Å²) >= 11 is 0. The maximum atomic E-state index is 13.4. The van der Waals surface area contributed by atoms with Crippen LogP contribution in [0.4, 0.5) is 10.3 Å². The Labute approximate surface area is 216 Å². The van der Waals surface area contributed by atoms with E-state index in [1.54, 1.807) is 0 Å². The summed E-state index contributed by atoms with van der Waals surface area (Å²) in [6.07, 6.45) is 4.82. The maximum Gasteiger partial charge on any atom is 0.256 e. The Kier molecular flexibility index (Phi) is 6.50. The van der Waals surface area contributed by atoms with E-state index in [0.717, 1.165) is 97.9 Å². The monoisotopic (exact) mass is 500 g/mol. The lowest BCUT2D eigenvalue weighted by atomic mass is 10.1. The van der Waals surface area contributed by atoms with Crippen molar-refractivity contribution in [3.63, 3.8) is 0 Å². The van der Waals surface area contributed by atoms with Crippen molar-refractivity contribution >= 4 is 17.0 Å². The summed E-state index contributed by atoms with van der Waals surface area (Å²) in [5, 5.41) is 3.68. The number of hydrogen-bond acceptors (Lipinski definition) is 5. The molecule has 7 nitrogen and oxygen atoms in total. The van der Waals surface area contributed by atoms with Crippen molar-refractivity contribution in [3.05, 3.63) is 87.3 Å². The third-order valence-corrected chi connectivity index (χ3v) is 7.77. The van der Waals surface area contributed by atoms with Crippen LogP contribution in [0.15, 0.2) is 53.3 Å². The van der Waals surface area contributed by atoms with Gasteiger partial charge < -0.3 is 14.8 Å². The molecular formula is C29H33FN6O. The number of imidazole rings is 1. The van der Waals surface area contributed by atoms with Crippen LogP contribution in [0.1, 0.15) is 41.9 Å². The Hall–Kier alpha value is -3.52. The SMILES string of the molecule is Cc1nc2n(c(=O)c1CCN1CCC(Nc3nc4ccccc4n3Cc3ccc(F)cc3)C1)CCCC2. The van der Waals surface area contributed by atoms with Gasteiger partial charge in [0.25, 0.3) is 5.56 Å². The Morgan fingerprint density at radius 1 is 1.05 bits per heavy atom. The van der Waals surface area contributed by atoms with Gasteiger partial charge in [0.2, 0.25) is 5.95 Å². The van der Waals surface area contributed by atoms with Crippen LogP contribution in [0.3, 0.4) is 0 Å². The van der Waals surface area contributed by atoms with E-state index in [1.165, 1.54) is 12.1 Å². The molecule has 1 unspecified atom stereocenters. The fourth-order valence-corrected chi connectivity index (χ4v) is 5.74. The zero-order valence-corrected chi connectivity index (χ0v) is 21.3. The van der Waals surface area contributed by atoms with Crippen LogP contribution in [-0.4, -0.2) is 49.7 Å². The first-order valence-corrected chi connectivity index (χ1v) is 13.3. The number of anilines is 1. The molecule has 8 heteroatoms. The number of likely N-dealkylation sites (tertiary alicyclic amines) is 1. The third kappa shape index (κ3) is 4.90. The van der Waals surface area contributed by atoms with Crippen LogP contribution >= 0.6 is 0 Å². The summed E-state index contributed by atoms with van der Waals surface area (Å²) in [7, 11) is 0. The molecule has 192 valence electrons. The third-order valence-electron chi connectivity index (χ3n) is 7.77. The quantitative estimate of drug-likeness (QED) is 0.413. The van der Waals surface area contributed by atoms with Gasteiger partial charge in [-0.3, -0.25) is 9.36 Å². The largest absolute Gasteiger partial charge is 0.352 e. The number of para-hydroxylation sites is 2. The molecule has 4 aromatic rings. The number of hydrogen-bond donors (Lipinski definition) is 1. The summed E-state index contributed by atoms with van der Waals surface area (Å²) < 4.78 is 17.5.